The minimum absolute atomic E-state index is 0. The molecule has 0 radical (unpaired) electrons. The van der Waals surface area contributed by atoms with Crippen molar-refractivity contribution in [3.8, 4) is 0 Å². The predicted octanol–water partition coefficient (Wildman–Crippen LogP) is -2.01. The number of hydrogen-bond acceptors (Lipinski definition) is 6. The molecule has 0 rings (SSSR count). The number of hydrogen-bond donors (Lipinski definition) is 2. The molecule has 0 aromatic rings. The first kappa shape index (κ1) is 37.6. The van der Waals surface area contributed by atoms with Crippen LogP contribution in [0.3, 0.4) is 0 Å². The fourth-order valence-electron chi connectivity index (χ4n) is 0. The van der Waals surface area contributed by atoms with Gasteiger partial charge in [-0.05, 0) is 0 Å². The van der Waals surface area contributed by atoms with E-state index in [9.17, 15) is 20.4 Å². The van der Waals surface area contributed by atoms with Crippen LogP contribution in [0.1, 0.15) is 55.4 Å². The van der Waals surface area contributed by atoms with Crippen LogP contribution in [0.25, 0.3) is 0 Å². The molecule has 0 amide bonds. The Hall–Kier alpha value is 0.474. The maximum absolute atomic E-state index is 9.53. The van der Waals surface area contributed by atoms with Gasteiger partial charge >= 0.3 is 21.7 Å². The first-order valence-corrected chi connectivity index (χ1v) is 6.69. The van der Waals surface area contributed by atoms with Crippen LogP contribution < -0.4 is 20.4 Å². The molecule has 0 aromatic carbocycles. The zero-order valence-corrected chi connectivity index (χ0v) is 16.3. The molecule has 0 aliphatic heterocycles. The maximum Gasteiger partial charge on any atom is 4.00 e. The van der Waals surface area contributed by atoms with Crippen molar-refractivity contribution in [3.63, 3.8) is 0 Å². The van der Waals surface area contributed by atoms with E-state index in [0.717, 1.165) is 0 Å². The summed E-state index contributed by atoms with van der Waals surface area (Å²) in [5.41, 5.74) is 0. The van der Waals surface area contributed by atoms with Crippen LogP contribution in [0, 0.1) is 0 Å². The van der Waals surface area contributed by atoms with E-state index in [1.807, 2.05) is 0 Å². The SMILES string of the molecule is CC(C)[O-].CC(C)[O-].CC(C)[O-].CC(C)[O-].OCCO.[Ti+4]. The average Bonchev–Trinajstić information content (AvgIpc) is 2.13. The van der Waals surface area contributed by atoms with Gasteiger partial charge in [-0.3, -0.25) is 0 Å². The summed E-state index contributed by atoms with van der Waals surface area (Å²) in [6.07, 6.45) is -1.67. The van der Waals surface area contributed by atoms with Crippen molar-refractivity contribution in [3.05, 3.63) is 0 Å². The third-order valence-electron chi connectivity index (χ3n) is 0.1000. The Morgan fingerprint density at radius 1 is 0.524 bits per heavy atom. The van der Waals surface area contributed by atoms with Gasteiger partial charge in [-0.15, -0.1) is 24.4 Å². The molecule has 0 aliphatic carbocycles. The molecule has 0 spiro atoms. The van der Waals surface area contributed by atoms with Crippen molar-refractivity contribution < 1.29 is 52.4 Å². The third-order valence-corrected chi connectivity index (χ3v) is 0.1000. The summed E-state index contributed by atoms with van der Waals surface area (Å²) in [6.45, 7) is 12.6. The molecule has 21 heavy (non-hydrogen) atoms. The van der Waals surface area contributed by atoms with Gasteiger partial charge in [0, 0.05) is 0 Å². The van der Waals surface area contributed by atoms with Crippen LogP contribution in [-0.4, -0.2) is 47.8 Å². The Balaban J connectivity index is -0.0000000331. The van der Waals surface area contributed by atoms with Gasteiger partial charge in [0.05, 0.1) is 13.2 Å². The van der Waals surface area contributed by atoms with Gasteiger partial charge in [0.2, 0.25) is 0 Å². The molecular weight excluding hydrogens is 312 g/mol. The molecule has 0 saturated heterocycles. The normalized spacial score (nSPS) is 8.29. The summed E-state index contributed by atoms with van der Waals surface area (Å²) in [6, 6.07) is 0. The van der Waals surface area contributed by atoms with Crippen molar-refractivity contribution in [2.45, 2.75) is 79.8 Å². The Morgan fingerprint density at radius 3 is 0.571 bits per heavy atom. The van der Waals surface area contributed by atoms with Crippen molar-refractivity contribution in [1.82, 2.24) is 0 Å². The molecule has 0 aliphatic rings. The fraction of sp³-hybridized carbons (Fsp3) is 1.00. The van der Waals surface area contributed by atoms with Crippen molar-refractivity contribution in [1.29, 1.82) is 0 Å². The van der Waals surface area contributed by atoms with E-state index in [1.54, 1.807) is 55.4 Å². The molecule has 130 valence electrons. The second-order valence-corrected chi connectivity index (χ2v) is 4.64. The number of aliphatic hydroxyl groups is 2. The molecule has 0 aromatic heterocycles. The van der Waals surface area contributed by atoms with Gasteiger partial charge < -0.3 is 30.6 Å². The van der Waals surface area contributed by atoms with Crippen LogP contribution in [0.2, 0.25) is 0 Å². The molecule has 2 N–H and O–H groups in total. The van der Waals surface area contributed by atoms with E-state index in [-0.39, 0.29) is 34.9 Å². The third kappa shape index (κ3) is 3210. The van der Waals surface area contributed by atoms with Gasteiger partial charge in [-0.25, -0.2) is 0 Å². The molecule has 0 atom stereocenters. The topological polar surface area (TPSA) is 133 Å². The number of rotatable bonds is 1. The van der Waals surface area contributed by atoms with Crippen LogP contribution in [0.4, 0.5) is 0 Å². The quantitative estimate of drug-likeness (QED) is 0.527. The molecule has 7 heteroatoms. The molecular formula is C14H34O6Ti. The fourth-order valence-corrected chi connectivity index (χ4v) is 0. The van der Waals surface area contributed by atoms with Gasteiger partial charge in [0.15, 0.2) is 0 Å². The largest absolute Gasteiger partial charge is 4.00 e. The van der Waals surface area contributed by atoms with Gasteiger partial charge in [0.25, 0.3) is 0 Å². The van der Waals surface area contributed by atoms with Crippen molar-refractivity contribution in [2.24, 2.45) is 0 Å². The zero-order chi connectivity index (χ0) is 17.7. The monoisotopic (exact) mass is 346 g/mol. The summed E-state index contributed by atoms with van der Waals surface area (Å²) in [5.74, 6) is 0. The maximum atomic E-state index is 9.53. The average molecular weight is 346 g/mol. The van der Waals surface area contributed by atoms with E-state index in [0.29, 0.717) is 0 Å². The molecule has 0 unspecified atom stereocenters. The summed E-state index contributed by atoms with van der Waals surface area (Å²) in [7, 11) is 0. The van der Waals surface area contributed by atoms with E-state index in [4.69, 9.17) is 10.2 Å². The van der Waals surface area contributed by atoms with E-state index >= 15 is 0 Å². The van der Waals surface area contributed by atoms with E-state index < -0.39 is 24.4 Å². The molecule has 0 bridgehead atoms. The standard InChI is InChI=1S/4C3H7O.C2H6O2.Ti/c4*1-3(2)4;3-1-2-4;/h4*3H,1-2H3;3-4H,1-2H2;/q4*-1;;+4. The second-order valence-electron chi connectivity index (χ2n) is 4.64. The zero-order valence-electron chi connectivity index (χ0n) is 14.8. The summed E-state index contributed by atoms with van der Waals surface area (Å²) in [5, 5.41) is 53.4. The Kier molecular flexibility index (Phi) is 66.3. The summed E-state index contributed by atoms with van der Waals surface area (Å²) in [4.78, 5) is 0. The molecule has 6 nitrogen and oxygen atoms in total. The molecule has 0 heterocycles. The minimum atomic E-state index is -0.417. The second kappa shape index (κ2) is 37.1. The Morgan fingerprint density at radius 2 is 0.571 bits per heavy atom. The van der Waals surface area contributed by atoms with Crippen molar-refractivity contribution in [2.75, 3.05) is 13.2 Å². The van der Waals surface area contributed by atoms with E-state index in [1.165, 1.54) is 0 Å². The van der Waals surface area contributed by atoms with Crippen LogP contribution >= 0.6 is 0 Å². The minimum Gasteiger partial charge on any atom is -0.852 e. The molecule has 0 fully saturated rings. The van der Waals surface area contributed by atoms with Crippen LogP contribution in [0.5, 0.6) is 0 Å². The van der Waals surface area contributed by atoms with E-state index in [2.05, 4.69) is 0 Å². The first-order chi connectivity index (χ1) is 8.84. The Bertz CT molecular complexity index is 85.0. The number of aliphatic hydroxyl groups excluding tert-OH is 2. The van der Waals surface area contributed by atoms with Gasteiger partial charge in [0.1, 0.15) is 0 Å². The van der Waals surface area contributed by atoms with Gasteiger partial charge in [-0.2, -0.15) is 0 Å². The predicted molar refractivity (Wildman–Crippen MR) is 74.7 cm³/mol. The summed E-state index contributed by atoms with van der Waals surface area (Å²) >= 11 is 0. The van der Waals surface area contributed by atoms with Gasteiger partial charge in [-0.1, -0.05) is 55.4 Å². The first-order valence-electron chi connectivity index (χ1n) is 6.69. The molecule has 0 saturated carbocycles. The van der Waals surface area contributed by atoms with Crippen molar-refractivity contribution >= 4 is 0 Å². The summed E-state index contributed by atoms with van der Waals surface area (Å²) < 4.78 is 0. The van der Waals surface area contributed by atoms with Crippen LogP contribution in [0.15, 0.2) is 0 Å². The Labute approximate surface area is 145 Å². The van der Waals surface area contributed by atoms with Crippen LogP contribution in [-0.2, 0) is 21.7 Å². The smallest absolute Gasteiger partial charge is 0.852 e.